The van der Waals surface area contributed by atoms with Crippen LogP contribution in [0.4, 0.5) is 4.79 Å². The Morgan fingerprint density at radius 3 is 2.14 bits per heavy atom. The van der Waals surface area contributed by atoms with Gasteiger partial charge in [-0.1, -0.05) is 35.4 Å². The van der Waals surface area contributed by atoms with Crippen LogP contribution in [-0.2, 0) is 14.4 Å². The number of hydroxylamine groups is 2. The SMILES string of the molecule is O=C(Oc1ccccc1)ON1C(=O)C2CC=CCC2C1=O. The van der Waals surface area contributed by atoms with Crippen molar-refractivity contribution in [2.24, 2.45) is 11.8 Å². The number of para-hydroxylation sites is 1. The number of fused-ring (bicyclic) bond motifs is 1. The predicted molar refractivity (Wildman–Crippen MR) is 70.8 cm³/mol. The van der Waals surface area contributed by atoms with E-state index in [9.17, 15) is 14.4 Å². The summed E-state index contributed by atoms with van der Waals surface area (Å²) in [6.07, 6.45) is 3.59. The van der Waals surface area contributed by atoms with Gasteiger partial charge in [-0.05, 0) is 25.0 Å². The topological polar surface area (TPSA) is 72.9 Å². The summed E-state index contributed by atoms with van der Waals surface area (Å²) in [7, 11) is 0. The molecule has 0 spiro atoms. The zero-order valence-electron chi connectivity index (χ0n) is 11.1. The summed E-state index contributed by atoms with van der Waals surface area (Å²) in [6, 6.07) is 8.28. The van der Waals surface area contributed by atoms with Crippen molar-refractivity contribution in [3.63, 3.8) is 0 Å². The van der Waals surface area contributed by atoms with Crippen LogP contribution in [0.15, 0.2) is 42.5 Å². The fraction of sp³-hybridized carbons (Fsp3) is 0.267. The molecule has 0 aromatic heterocycles. The van der Waals surface area contributed by atoms with Crippen molar-refractivity contribution in [3.8, 4) is 5.75 Å². The van der Waals surface area contributed by atoms with Gasteiger partial charge in [-0.3, -0.25) is 14.4 Å². The lowest BCUT2D eigenvalue weighted by Gasteiger charge is -2.14. The Bertz CT molecular complexity index is 584. The summed E-state index contributed by atoms with van der Waals surface area (Å²) in [5, 5.41) is 0.535. The highest BCUT2D eigenvalue weighted by molar-refractivity contribution is 6.04. The highest BCUT2D eigenvalue weighted by atomic mass is 16.8. The predicted octanol–water partition coefficient (Wildman–Crippen LogP) is 2.07. The van der Waals surface area contributed by atoms with Crippen molar-refractivity contribution in [3.05, 3.63) is 42.5 Å². The first-order valence-corrected chi connectivity index (χ1v) is 6.64. The van der Waals surface area contributed by atoms with Gasteiger partial charge >= 0.3 is 6.16 Å². The van der Waals surface area contributed by atoms with Gasteiger partial charge in [-0.25, -0.2) is 4.79 Å². The standard InChI is InChI=1S/C15H13NO5/c17-13-11-8-4-5-9-12(11)14(18)16(13)21-15(19)20-10-6-2-1-3-7-10/h1-7,11-12H,8-9H2. The highest BCUT2D eigenvalue weighted by Crippen LogP contribution is 2.35. The van der Waals surface area contributed by atoms with Crippen molar-refractivity contribution in [2.45, 2.75) is 12.8 Å². The van der Waals surface area contributed by atoms with Crippen LogP contribution < -0.4 is 4.74 Å². The van der Waals surface area contributed by atoms with E-state index in [4.69, 9.17) is 9.57 Å². The van der Waals surface area contributed by atoms with E-state index in [2.05, 4.69) is 0 Å². The van der Waals surface area contributed by atoms with Crippen molar-refractivity contribution in [1.29, 1.82) is 0 Å². The van der Waals surface area contributed by atoms with Crippen LogP contribution in [0.5, 0.6) is 5.75 Å². The number of imide groups is 1. The van der Waals surface area contributed by atoms with Crippen LogP contribution in [0.25, 0.3) is 0 Å². The van der Waals surface area contributed by atoms with E-state index in [1.165, 1.54) is 0 Å². The van der Waals surface area contributed by atoms with Crippen LogP contribution >= 0.6 is 0 Å². The minimum Gasteiger partial charge on any atom is -0.393 e. The molecule has 1 fully saturated rings. The zero-order valence-corrected chi connectivity index (χ0v) is 11.1. The third-order valence-electron chi connectivity index (χ3n) is 3.58. The second kappa shape index (κ2) is 5.40. The molecule has 2 unspecified atom stereocenters. The number of allylic oxidation sites excluding steroid dienone is 2. The maximum absolute atomic E-state index is 12.1. The first-order valence-electron chi connectivity index (χ1n) is 6.64. The Hall–Kier alpha value is -2.63. The molecule has 2 aliphatic rings. The molecular formula is C15H13NO5. The molecule has 0 bridgehead atoms. The van der Waals surface area contributed by atoms with Crippen molar-refractivity contribution in [1.82, 2.24) is 5.06 Å². The first kappa shape index (κ1) is 13.4. The van der Waals surface area contributed by atoms with Crippen LogP contribution in [0, 0.1) is 11.8 Å². The molecule has 1 aromatic rings. The molecule has 2 amide bonds. The van der Waals surface area contributed by atoms with Gasteiger partial charge in [-0.15, -0.1) is 0 Å². The first-order chi connectivity index (χ1) is 10.2. The number of carbonyl (C=O) groups is 3. The fourth-order valence-corrected chi connectivity index (χ4v) is 2.54. The van der Waals surface area contributed by atoms with E-state index in [1.54, 1.807) is 30.3 Å². The van der Waals surface area contributed by atoms with Crippen LogP contribution in [-0.4, -0.2) is 23.0 Å². The molecule has 1 heterocycles. The third kappa shape index (κ3) is 2.52. The Morgan fingerprint density at radius 1 is 1.00 bits per heavy atom. The number of hydrogen-bond acceptors (Lipinski definition) is 5. The molecule has 2 atom stereocenters. The van der Waals surface area contributed by atoms with Gasteiger partial charge in [-0.2, -0.15) is 0 Å². The summed E-state index contributed by atoms with van der Waals surface area (Å²) < 4.78 is 4.90. The Morgan fingerprint density at radius 2 is 1.57 bits per heavy atom. The summed E-state index contributed by atoms with van der Waals surface area (Å²) in [6.45, 7) is 0. The molecular weight excluding hydrogens is 274 g/mol. The largest absolute Gasteiger partial charge is 0.539 e. The van der Waals surface area contributed by atoms with Gasteiger partial charge in [0.1, 0.15) is 5.75 Å². The number of nitrogens with zero attached hydrogens (tertiary/aromatic N) is 1. The van der Waals surface area contributed by atoms with Gasteiger partial charge < -0.3 is 4.74 Å². The molecule has 1 aromatic carbocycles. The molecule has 1 aliphatic heterocycles. The normalized spacial score (nSPS) is 23.9. The van der Waals surface area contributed by atoms with E-state index < -0.39 is 29.8 Å². The van der Waals surface area contributed by atoms with E-state index in [0.29, 0.717) is 17.9 Å². The second-order valence-corrected chi connectivity index (χ2v) is 4.88. The molecule has 1 aliphatic carbocycles. The Balaban J connectivity index is 1.66. The molecule has 0 radical (unpaired) electrons. The lowest BCUT2D eigenvalue weighted by molar-refractivity contribution is -0.176. The third-order valence-corrected chi connectivity index (χ3v) is 3.58. The van der Waals surface area contributed by atoms with E-state index in [-0.39, 0.29) is 5.75 Å². The molecule has 6 nitrogen and oxygen atoms in total. The number of amides is 2. The van der Waals surface area contributed by atoms with Gasteiger partial charge in [0, 0.05) is 0 Å². The Kier molecular flexibility index (Phi) is 3.43. The average molecular weight is 287 g/mol. The van der Waals surface area contributed by atoms with Crippen molar-refractivity contribution in [2.75, 3.05) is 0 Å². The smallest absolute Gasteiger partial charge is 0.393 e. The van der Waals surface area contributed by atoms with Crippen LogP contribution in [0.3, 0.4) is 0 Å². The fourth-order valence-electron chi connectivity index (χ4n) is 2.54. The summed E-state index contributed by atoms with van der Waals surface area (Å²) in [5.41, 5.74) is 0. The number of hydrogen-bond donors (Lipinski definition) is 0. The second-order valence-electron chi connectivity index (χ2n) is 4.88. The monoisotopic (exact) mass is 287 g/mol. The van der Waals surface area contributed by atoms with E-state index >= 15 is 0 Å². The number of carbonyl (C=O) groups excluding carboxylic acids is 3. The van der Waals surface area contributed by atoms with Gasteiger partial charge in [0.15, 0.2) is 0 Å². The molecule has 1 saturated heterocycles. The molecule has 0 N–H and O–H groups in total. The highest BCUT2D eigenvalue weighted by Gasteiger charge is 2.50. The zero-order chi connectivity index (χ0) is 14.8. The quantitative estimate of drug-likeness (QED) is 0.360. The van der Waals surface area contributed by atoms with Crippen LogP contribution in [0.2, 0.25) is 0 Å². The average Bonchev–Trinajstić information content (AvgIpc) is 2.74. The van der Waals surface area contributed by atoms with Crippen LogP contribution in [0.1, 0.15) is 12.8 Å². The summed E-state index contributed by atoms with van der Waals surface area (Å²) in [4.78, 5) is 40.6. The van der Waals surface area contributed by atoms with Gasteiger partial charge in [0.25, 0.3) is 11.8 Å². The molecule has 21 heavy (non-hydrogen) atoms. The van der Waals surface area contributed by atoms with Gasteiger partial charge in [0.2, 0.25) is 0 Å². The molecule has 6 heteroatoms. The maximum atomic E-state index is 12.1. The number of ether oxygens (including phenoxy) is 1. The minimum atomic E-state index is -1.10. The lowest BCUT2D eigenvalue weighted by Crippen LogP contribution is -2.34. The molecule has 108 valence electrons. The Labute approximate surface area is 120 Å². The maximum Gasteiger partial charge on any atom is 0.539 e. The van der Waals surface area contributed by atoms with E-state index in [0.717, 1.165) is 0 Å². The number of rotatable bonds is 2. The van der Waals surface area contributed by atoms with E-state index in [1.807, 2.05) is 12.2 Å². The van der Waals surface area contributed by atoms with Crippen molar-refractivity contribution < 1.29 is 24.0 Å². The lowest BCUT2D eigenvalue weighted by atomic mass is 9.85. The molecule has 3 rings (SSSR count). The molecule has 0 saturated carbocycles. The summed E-state index contributed by atoms with van der Waals surface area (Å²) in [5.74, 6) is -1.57. The van der Waals surface area contributed by atoms with Gasteiger partial charge in [0.05, 0.1) is 11.8 Å². The minimum absolute atomic E-state index is 0.278. The number of benzene rings is 1. The van der Waals surface area contributed by atoms with Crippen molar-refractivity contribution >= 4 is 18.0 Å². The summed E-state index contributed by atoms with van der Waals surface area (Å²) >= 11 is 0.